The van der Waals surface area contributed by atoms with Gasteiger partial charge in [0.05, 0.1) is 0 Å². The van der Waals surface area contributed by atoms with Gasteiger partial charge in [0.15, 0.2) is 0 Å². The van der Waals surface area contributed by atoms with E-state index in [2.05, 4.69) is 30.4 Å². The summed E-state index contributed by atoms with van der Waals surface area (Å²) in [5.41, 5.74) is 1.97. The van der Waals surface area contributed by atoms with Gasteiger partial charge in [-0.3, -0.25) is 0 Å². The molecular formula is C16H22N2O2. The van der Waals surface area contributed by atoms with Crippen LogP contribution in [0.25, 0.3) is 0 Å². The molecule has 0 unspecified atom stereocenters. The lowest BCUT2D eigenvalue weighted by Crippen LogP contribution is -2.19. The number of para-hydroxylation sites is 1. The first-order valence-electron chi connectivity index (χ1n) is 6.98. The second-order valence-corrected chi connectivity index (χ2v) is 5.35. The maximum absolute atomic E-state index is 5.83. The van der Waals surface area contributed by atoms with Crippen molar-refractivity contribution in [2.75, 3.05) is 6.54 Å². The van der Waals surface area contributed by atoms with Gasteiger partial charge in [-0.05, 0) is 25.5 Å². The highest BCUT2D eigenvalue weighted by atomic mass is 16.5. The molecule has 0 aliphatic carbocycles. The molecule has 0 saturated heterocycles. The third-order valence-electron chi connectivity index (χ3n) is 2.89. The van der Waals surface area contributed by atoms with Gasteiger partial charge in [0, 0.05) is 18.2 Å². The van der Waals surface area contributed by atoms with Gasteiger partial charge in [0.25, 0.3) is 0 Å². The van der Waals surface area contributed by atoms with E-state index in [4.69, 9.17) is 9.26 Å². The number of aromatic nitrogens is 1. The highest BCUT2D eigenvalue weighted by Crippen LogP contribution is 2.19. The maximum Gasteiger partial charge on any atom is 0.134 e. The van der Waals surface area contributed by atoms with Crippen molar-refractivity contribution in [1.29, 1.82) is 0 Å². The number of rotatable bonds is 7. The molecular weight excluding hydrogens is 252 g/mol. The molecule has 2 aromatic rings. The molecule has 0 aliphatic heterocycles. The number of aryl methyl sites for hydroxylation is 1. The first kappa shape index (κ1) is 14.6. The van der Waals surface area contributed by atoms with Crippen LogP contribution in [0, 0.1) is 12.8 Å². The fraction of sp³-hybridized carbons (Fsp3) is 0.438. The number of nitrogens with zero attached hydrogens (tertiary/aromatic N) is 1. The molecule has 0 saturated carbocycles. The first-order chi connectivity index (χ1) is 9.65. The van der Waals surface area contributed by atoms with Gasteiger partial charge in [-0.2, -0.15) is 0 Å². The third kappa shape index (κ3) is 4.38. The Bertz CT molecular complexity index is 535. The molecule has 0 aliphatic rings. The van der Waals surface area contributed by atoms with E-state index in [-0.39, 0.29) is 0 Å². The minimum absolute atomic E-state index is 0.429. The van der Waals surface area contributed by atoms with E-state index in [1.54, 1.807) is 0 Å². The highest BCUT2D eigenvalue weighted by Gasteiger charge is 2.06. The minimum atomic E-state index is 0.429. The smallest absolute Gasteiger partial charge is 0.134 e. The summed E-state index contributed by atoms with van der Waals surface area (Å²) in [7, 11) is 0. The molecule has 0 bridgehead atoms. The van der Waals surface area contributed by atoms with E-state index < -0.39 is 0 Å². The third-order valence-corrected chi connectivity index (χ3v) is 2.89. The van der Waals surface area contributed by atoms with E-state index in [1.807, 2.05) is 31.2 Å². The van der Waals surface area contributed by atoms with Crippen molar-refractivity contribution in [3.63, 3.8) is 0 Å². The molecule has 4 nitrogen and oxygen atoms in total. The van der Waals surface area contributed by atoms with Gasteiger partial charge >= 0.3 is 0 Å². The lowest BCUT2D eigenvalue weighted by Gasteiger charge is -2.12. The summed E-state index contributed by atoms with van der Waals surface area (Å²) in [5.74, 6) is 2.33. The van der Waals surface area contributed by atoms with Gasteiger partial charge in [0.2, 0.25) is 0 Å². The van der Waals surface area contributed by atoms with Gasteiger partial charge in [-0.15, -0.1) is 0 Å². The van der Waals surface area contributed by atoms with Crippen molar-refractivity contribution >= 4 is 0 Å². The normalized spacial score (nSPS) is 11.0. The highest BCUT2D eigenvalue weighted by molar-refractivity contribution is 5.33. The number of hydrogen-bond donors (Lipinski definition) is 1. The lowest BCUT2D eigenvalue weighted by atomic mass is 10.2. The summed E-state index contributed by atoms with van der Waals surface area (Å²) >= 11 is 0. The van der Waals surface area contributed by atoms with E-state index >= 15 is 0 Å². The van der Waals surface area contributed by atoms with Crippen LogP contribution in [-0.4, -0.2) is 11.7 Å². The standard InChI is InChI=1S/C16H22N2O2/c1-12(2)9-17-10-14-6-4-5-7-16(14)19-11-15-8-13(3)20-18-15/h4-8,12,17H,9-11H2,1-3H3. The first-order valence-corrected chi connectivity index (χ1v) is 6.98. The van der Waals surface area contributed by atoms with E-state index in [9.17, 15) is 0 Å². The molecule has 4 heteroatoms. The summed E-state index contributed by atoms with van der Waals surface area (Å²) in [5, 5.41) is 7.36. The zero-order valence-electron chi connectivity index (χ0n) is 12.3. The SMILES string of the molecule is Cc1cc(COc2ccccc2CNCC(C)C)no1. The fourth-order valence-electron chi connectivity index (χ4n) is 1.92. The predicted molar refractivity (Wildman–Crippen MR) is 78.6 cm³/mol. The van der Waals surface area contributed by atoms with E-state index in [0.717, 1.165) is 35.9 Å². The Morgan fingerprint density at radius 1 is 1.30 bits per heavy atom. The van der Waals surface area contributed by atoms with Crippen LogP contribution in [0.2, 0.25) is 0 Å². The average molecular weight is 274 g/mol. The predicted octanol–water partition coefficient (Wildman–Crippen LogP) is 3.31. The monoisotopic (exact) mass is 274 g/mol. The summed E-state index contributed by atoms with van der Waals surface area (Å²) in [6.45, 7) is 8.51. The number of benzene rings is 1. The number of ether oxygens (including phenoxy) is 1. The number of hydrogen-bond acceptors (Lipinski definition) is 4. The van der Waals surface area contributed by atoms with Crippen molar-refractivity contribution in [3.8, 4) is 5.75 Å². The van der Waals surface area contributed by atoms with Gasteiger partial charge < -0.3 is 14.6 Å². The molecule has 0 spiro atoms. The molecule has 20 heavy (non-hydrogen) atoms. The lowest BCUT2D eigenvalue weighted by molar-refractivity contribution is 0.284. The molecule has 2 rings (SSSR count). The molecule has 1 aromatic heterocycles. The molecule has 1 N–H and O–H groups in total. The van der Waals surface area contributed by atoms with E-state index in [1.165, 1.54) is 0 Å². The molecule has 1 aromatic carbocycles. The largest absolute Gasteiger partial charge is 0.487 e. The molecule has 1 heterocycles. The quantitative estimate of drug-likeness (QED) is 0.841. The summed E-state index contributed by atoms with van der Waals surface area (Å²) < 4.78 is 10.9. The van der Waals surface area contributed by atoms with Gasteiger partial charge in [0.1, 0.15) is 23.8 Å². The van der Waals surface area contributed by atoms with Crippen LogP contribution < -0.4 is 10.1 Å². The minimum Gasteiger partial charge on any atom is -0.487 e. The van der Waals surface area contributed by atoms with Crippen LogP contribution >= 0.6 is 0 Å². The van der Waals surface area contributed by atoms with Crippen LogP contribution in [0.15, 0.2) is 34.9 Å². The van der Waals surface area contributed by atoms with Crippen LogP contribution in [-0.2, 0) is 13.2 Å². The van der Waals surface area contributed by atoms with Crippen LogP contribution in [0.5, 0.6) is 5.75 Å². The van der Waals surface area contributed by atoms with Gasteiger partial charge in [-0.1, -0.05) is 37.2 Å². The van der Waals surface area contributed by atoms with Crippen molar-refractivity contribution < 1.29 is 9.26 Å². The summed E-state index contributed by atoms with van der Waals surface area (Å²) in [4.78, 5) is 0. The maximum atomic E-state index is 5.83. The Balaban J connectivity index is 1.93. The molecule has 0 amide bonds. The summed E-state index contributed by atoms with van der Waals surface area (Å²) in [6.07, 6.45) is 0. The Labute approximate surface area is 120 Å². The fourth-order valence-corrected chi connectivity index (χ4v) is 1.92. The van der Waals surface area contributed by atoms with Crippen LogP contribution in [0.3, 0.4) is 0 Å². The van der Waals surface area contributed by atoms with Crippen LogP contribution in [0.1, 0.15) is 30.9 Å². The Kier molecular flexibility index (Phi) is 5.18. The Morgan fingerprint density at radius 2 is 2.10 bits per heavy atom. The molecule has 0 fully saturated rings. The zero-order valence-corrected chi connectivity index (χ0v) is 12.3. The van der Waals surface area contributed by atoms with Crippen molar-refractivity contribution in [1.82, 2.24) is 10.5 Å². The van der Waals surface area contributed by atoms with Crippen molar-refractivity contribution in [2.24, 2.45) is 5.92 Å². The Hall–Kier alpha value is -1.81. The second kappa shape index (κ2) is 7.10. The molecule has 0 atom stereocenters. The zero-order chi connectivity index (χ0) is 14.4. The van der Waals surface area contributed by atoms with Gasteiger partial charge in [-0.25, -0.2) is 0 Å². The summed E-state index contributed by atoms with van der Waals surface area (Å²) in [6, 6.07) is 9.96. The van der Waals surface area contributed by atoms with Crippen molar-refractivity contribution in [2.45, 2.75) is 33.9 Å². The molecule has 108 valence electrons. The van der Waals surface area contributed by atoms with E-state index in [0.29, 0.717) is 12.5 Å². The van der Waals surface area contributed by atoms with Crippen LogP contribution in [0.4, 0.5) is 0 Å². The second-order valence-electron chi connectivity index (χ2n) is 5.35. The average Bonchev–Trinajstić information content (AvgIpc) is 2.83. The van der Waals surface area contributed by atoms with Crippen molar-refractivity contribution in [3.05, 3.63) is 47.3 Å². The Morgan fingerprint density at radius 3 is 2.80 bits per heavy atom. The topological polar surface area (TPSA) is 47.3 Å². The molecule has 0 radical (unpaired) electrons. The number of nitrogens with one attached hydrogen (secondary N) is 1.